The Morgan fingerprint density at radius 1 is 0.697 bits per heavy atom. The van der Waals surface area contributed by atoms with Gasteiger partial charge in [-0.15, -0.1) is 5.10 Å². The second-order valence-electron chi connectivity index (χ2n) is 8.45. The highest BCUT2D eigenvalue weighted by Crippen LogP contribution is 2.48. The van der Waals surface area contributed by atoms with Gasteiger partial charge in [0.15, 0.2) is 0 Å². The number of hydrazone groups is 1. The first-order chi connectivity index (χ1) is 16.3. The summed E-state index contributed by atoms with van der Waals surface area (Å²) < 4.78 is 2.05. The van der Waals surface area contributed by atoms with E-state index in [1.54, 1.807) is 0 Å². The van der Waals surface area contributed by atoms with Crippen molar-refractivity contribution in [2.45, 2.75) is 18.5 Å². The molecule has 0 aliphatic carbocycles. The lowest BCUT2D eigenvalue weighted by Gasteiger charge is -2.36. The summed E-state index contributed by atoms with van der Waals surface area (Å²) in [5.74, 6) is 0. The van der Waals surface area contributed by atoms with Crippen molar-refractivity contribution in [3.63, 3.8) is 0 Å². The van der Waals surface area contributed by atoms with Gasteiger partial charge in [0.25, 0.3) is 0 Å². The lowest BCUT2D eigenvalue weighted by Crippen LogP contribution is -2.45. The predicted octanol–water partition coefficient (Wildman–Crippen LogP) is 5.81. The SMILES string of the molecule is C[C@]1(n2nnc3ccccc32)C(c2ccccc2)=NN(c2ccccc2)[C@H]1c1ccccc1. The minimum absolute atomic E-state index is 0.124. The van der Waals surface area contributed by atoms with Gasteiger partial charge in [-0.05, 0) is 36.8 Å². The summed E-state index contributed by atoms with van der Waals surface area (Å²) >= 11 is 0. The van der Waals surface area contributed by atoms with E-state index in [1.807, 2.05) is 36.4 Å². The van der Waals surface area contributed by atoms with Gasteiger partial charge in [0.05, 0.1) is 16.9 Å². The Morgan fingerprint density at radius 2 is 1.30 bits per heavy atom. The zero-order valence-corrected chi connectivity index (χ0v) is 18.3. The molecule has 1 aromatic heterocycles. The van der Waals surface area contributed by atoms with Crippen molar-refractivity contribution < 1.29 is 0 Å². The van der Waals surface area contributed by atoms with Crippen LogP contribution in [0, 0.1) is 0 Å². The molecule has 4 aromatic carbocycles. The molecule has 5 nitrogen and oxygen atoms in total. The van der Waals surface area contributed by atoms with Gasteiger partial charge < -0.3 is 0 Å². The first-order valence-electron chi connectivity index (χ1n) is 11.1. The molecule has 2 atom stereocenters. The molecule has 5 heteroatoms. The molecular weight excluding hydrogens is 406 g/mol. The van der Waals surface area contributed by atoms with Crippen LogP contribution in [0.15, 0.2) is 120 Å². The maximum absolute atomic E-state index is 5.26. The molecule has 160 valence electrons. The summed E-state index contributed by atoms with van der Waals surface area (Å²) in [6.07, 6.45) is 0. The largest absolute Gasteiger partial charge is 0.255 e. The minimum atomic E-state index is -0.616. The van der Waals surface area contributed by atoms with Crippen LogP contribution in [-0.2, 0) is 5.54 Å². The predicted molar refractivity (Wildman–Crippen MR) is 132 cm³/mol. The normalized spacial score (nSPS) is 20.2. The van der Waals surface area contributed by atoms with Crippen molar-refractivity contribution in [2.24, 2.45) is 5.10 Å². The Labute approximate surface area is 192 Å². The Bertz CT molecular complexity index is 1430. The highest BCUT2D eigenvalue weighted by Gasteiger charge is 2.52. The highest BCUT2D eigenvalue weighted by molar-refractivity contribution is 6.09. The van der Waals surface area contributed by atoms with Gasteiger partial charge in [0, 0.05) is 5.56 Å². The lowest BCUT2D eigenvalue weighted by atomic mass is 9.80. The number of fused-ring (bicyclic) bond motifs is 1. The second-order valence-corrected chi connectivity index (χ2v) is 8.45. The quantitative estimate of drug-likeness (QED) is 0.362. The van der Waals surface area contributed by atoms with Gasteiger partial charge >= 0.3 is 0 Å². The summed E-state index contributed by atoms with van der Waals surface area (Å²) in [6.45, 7) is 2.22. The van der Waals surface area contributed by atoms with E-state index in [9.17, 15) is 0 Å². The molecule has 1 aliphatic rings. The molecule has 5 aromatic rings. The molecule has 0 amide bonds. The van der Waals surface area contributed by atoms with Crippen LogP contribution in [0.25, 0.3) is 11.0 Å². The minimum Gasteiger partial charge on any atom is -0.255 e. The maximum atomic E-state index is 5.26. The fourth-order valence-corrected chi connectivity index (χ4v) is 4.90. The van der Waals surface area contributed by atoms with Crippen LogP contribution in [0.5, 0.6) is 0 Å². The standard InChI is InChI=1S/C28H23N5/c1-28(33-25-20-12-11-19-24(25)29-31-33)26(21-13-5-2-6-14-21)30-32(23-17-9-4-10-18-23)27(28)22-15-7-3-8-16-22/h2-20,27H,1H3/t27-,28-/m0/s1. The Hall–Kier alpha value is -4.25. The van der Waals surface area contributed by atoms with E-state index in [0.29, 0.717) is 0 Å². The fraction of sp³-hybridized carbons (Fsp3) is 0.107. The zero-order chi connectivity index (χ0) is 22.3. The second kappa shape index (κ2) is 7.71. The first-order valence-corrected chi connectivity index (χ1v) is 11.1. The van der Waals surface area contributed by atoms with Crippen LogP contribution in [0.1, 0.15) is 24.1 Å². The zero-order valence-electron chi connectivity index (χ0n) is 18.3. The van der Waals surface area contributed by atoms with Crippen LogP contribution in [0.4, 0.5) is 5.69 Å². The monoisotopic (exact) mass is 429 g/mol. The molecule has 1 aliphatic heterocycles. The smallest absolute Gasteiger partial charge is 0.133 e. The number of rotatable bonds is 4. The first kappa shape index (κ1) is 19.4. The van der Waals surface area contributed by atoms with E-state index in [-0.39, 0.29) is 6.04 Å². The van der Waals surface area contributed by atoms with E-state index >= 15 is 0 Å². The third-order valence-electron chi connectivity index (χ3n) is 6.44. The van der Waals surface area contributed by atoms with E-state index in [0.717, 1.165) is 33.6 Å². The number of benzene rings is 4. The molecule has 0 saturated carbocycles. The van der Waals surface area contributed by atoms with E-state index in [4.69, 9.17) is 5.10 Å². The maximum Gasteiger partial charge on any atom is 0.133 e. The van der Waals surface area contributed by atoms with Crippen LogP contribution < -0.4 is 5.01 Å². The number of hydrogen-bond acceptors (Lipinski definition) is 4. The summed E-state index contributed by atoms with van der Waals surface area (Å²) in [5.41, 5.74) is 5.46. The highest BCUT2D eigenvalue weighted by atomic mass is 15.6. The molecule has 33 heavy (non-hydrogen) atoms. The van der Waals surface area contributed by atoms with Gasteiger partial charge in [-0.2, -0.15) is 5.10 Å². The van der Waals surface area contributed by atoms with Crippen molar-refractivity contribution >= 4 is 22.4 Å². The third kappa shape index (κ3) is 3.04. The molecule has 0 saturated heterocycles. The number of anilines is 1. The van der Waals surface area contributed by atoms with Crippen LogP contribution in [0.2, 0.25) is 0 Å². The molecule has 6 rings (SSSR count). The molecule has 0 bridgehead atoms. The number of nitrogens with zero attached hydrogens (tertiary/aromatic N) is 5. The number of aromatic nitrogens is 3. The van der Waals surface area contributed by atoms with Crippen molar-refractivity contribution in [3.05, 3.63) is 126 Å². The van der Waals surface area contributed by atoms with Gasteiger partial charge in [0.2, 0.25) is 0 Å². The number of hydrogen-bond donors (Lipinski definition) is 0. The summed E-state index contributed by atoms with van der Waals surface area (Å²) in [5, 5.41) is 16.6. The van der Waals surface area contributed by atoms with Gasteiger partial charge in [-0.25, -0.2) is 4.68 Å². The van der Waals surface area contributed by atoms with Crippen LogP contribution in [0.3, 0.4) is 0 Å². The Balaban J connectivity index is 1.66. The average Bonchev–Trinajstić information content (AvgIpc) is 3.45. The molecule has 0 spiro atoms. The fourth-order valence-electron chi connectivity index (χ4n) is 4.90. The summed E-state index contributed by atoms with van der Waals surface area (Å²) in [6, 6.07) is 39.3. The Morgan fingerprint density at radius 3 is 2.03 bits per heavy atom. The molecule has 0 fully saturated rings. The van der Waals surface area contributed by atoms with Crippen LogP contribution >= 0.6 is 0 Å². The van der Waals surface area contributed by atoms with E-state index in [1.165, 1.54) is 0 Å². The van der Waals surface area contributed by atoms with Crippen molar-refractivity contribution in [2.75, 3.05) is 5.01 Å². The van der Waals surface area contributed by atoms with Crippen LogP contribution in [-0.4, -0.2) is 20.7 Å². The van der Waals surface area contributed by atoms with Gasteiger partial charge in [0.1, 0.15) is 17.1 Å². The lowest BCUT2D eigenvalue weighted by molar-refractivity contribution is 0.343. The molecule has 0 unspecified atom stereocenters. The van der Waals surface area contributed by atoms with Crippen molar-refractivity contribution in [1.29, 1.82) is 0 Å². The summed E-state index contributed by atoms with van der Waals surface area (Å²) in [4.78, 5) is 0. The van der Waals surface area contributed by atoms with Crippen molar-refractivity contribution in [1.82, 2.24) is 15.0 Å². The summed E-state index contributed by atoms with van der Waals surface area (Å²) in [7, 11) is 0. The Kier molecular flexibility index (Phi) is 4.54. The number of para-hydroxylation sites is 2. The average molecular weight is 430 g/mol. The van der Waals surface area contributed by atoms with E-state index in [2.05, 4.69) is 106 Å². The van der Waals surface area contributed by atoms with Crippen molar-refractivity contribution in [3.8, 4) is 0 Å². The van der Waals surface area contributed by atoms with E-state index < -0.39 is 5.54 Å². The molecule has 0 N–H and O–H groups in total. The third-order valence-corrected chi connectivity index (χ3v) is 6.44. The molecular formula is C28H23N5. The van der Waals surface area contributed by atoms with Gasteiger partial charge in [-0.3, -0.25) is 5.01 Å². The molecule has 0 radical (unpaired) electrons. The van der Waals surface area contributed by atoms with Gasteiger partial charge in [-0.1, -0.05) is 96.2 Å². The topological polar surface area (TPSA) is 46.3 Å². The molecule has 2 heterocycles.